The Morgan fingerprint density at radius 1 is 1.41 bits per heavy atom. The van der Waals surface area contributed by atoms with Gasteiger partial charge in [0, 0.05) is 11.1 Å². The molecule has 2 rings (SSSR count). The average Bonchev–Trinajstić information content (AvgIpc) is 3.03. The van der Waals surface area contributed by atoms with Crippen molar-refractivity contribution in [1.82, 2.24) is 0 Å². The van der Waals surface area contributed by atoms with Gasteiger partial charge in [0.05, 0.1) is 31.4 Å². The maximum absolute atomic E-state index is 12.1. The average molecular weight is 373 g/mol. The molecule has 0 aliphatic carbocycles. The van der Waals surface area contributed by atoms with Crippen molar-refractivity contribution in [3.05, 3.63) is 33.9 Å². The Morgan fingerprint density at radius 3 is 2.70 bits per heavy atom. The molecule has 0 fully saturated rings. The number of esters is 2. The number of hydrogen-bond acceptors (Lipinski definition) is 7. The van der Waals surface area contributed by atoms with Gasteiger partial charge in [-0.05, 0) is 32.3 Å². The number of cyclic esters (lactones) is 1. The molecule has 1 aliphatic heterocycles. The standard InChI is InChI=1S/C20H23NO6/c1-11(8-12(2)19(23)26-5)6-7-14-17(21-10-22)16-15(9-27-20(16)24)13(3)18(14)25-4/h6,12H,7-9H2,1-5H3/t12-/m0/s1. The Kier molecular flexibility index (Phi) is 6.53. The van der Waals surface area contributed by atoms with Crippen molar-refractivity contribution in [3.8, 4) is 5.75 Å². The van der Waals surface area contributed by atoms with Gasteiger partial charge >= 0.3 is 11.9 Å². The monoisotopic (exact) mass is 373 g/mol. The van der Waals surface area contributed by atoms with Gasteiger partial charge in [0.1, 0.15) is 12.4 Å². The minimum Gasteiger partial charge on any atom is -0.496 e. The molecular weight excluding hydrogens is 350 g/mol. The van der Waals surface area contributed by atoms with Gasteiger partial charge in [0.2, 0.25) is 6.08 Å². The summed E-state index contributed by atoms with van der Waals surface area (Å²) in [6, 6.07) is 0. The Hall–Kier alpha value is -2.92. The molecule has 0 N–H and O–H groups in total. The van der Waals surface area contributed by atoms with E-state index in [1.165, 1.54) is 20.3 Å². The van der Waals surface area contributed by atoms with Crippen LogP contribution in [0.5, 0.6) is 5.75 Å². The van der Waals surface area contributed by atoms with Crippen LogP contribution in [-0.2, 0) is 32.1 Å². The maximum atomic E-state index is 12.1. The molecule has 1 aromatic carbocycles. The fraction of sp³-hybridized carbons (Fsp3) is 0.450. The van der Waals surface area contributed by atoms with Crippen molar-refractivity contribution in [2.75, 3.05) is 14.2 Å². The Bertz CT molecular complexity index is 849. The Morgan fingerprint density at radius 2 is 2.11 bits per heavy atom. The SMILES string of the molecule is COC(=O)[C@@H](C)CC(C)=CCc1c(N=C=O)c2c(c(C)c1OC)COC2=O. The highest BCUT2D eigenvalue weighted by molar-refractivity contribution is 6.01. The minimum atomic E-state index is -0.508. The molecule has 0 radical (unpaired) electrons. The first-order valence-corrected chi connectivity index (χ1v) is 8.56. The van der Waals surface area contributed by atoms with Gasteiger partial charge in [0.15, 0.2) is 0 Å². The number of rotatable bonds is 7. The summed E-state index contributed by atoms with van der Waals surface area (Å²) in [5.74, 6) is -0.489. The summed E-state index contributed by atoms with van der Waals surface area (Å²) in [6.45, 7) is 5.67. The predicted molar refractivity (Wildman–Crippen MR) is 97.9 cm³/mol. The highest BCUT2D eigenvalue weighted by atomic mass is 16.5. The third kappa shape index (κ3) is 4.09. The molecular formula is C20H23NO6. The molecule has 0 saturated heterocycles. The maximum Gasteiger partial charge on any atom is 0.341 e. The van der Waals surface area contributed by atoms with E-state index in [1.807, 2.05) is 19.9 Å². The van der Waals surface area contributed by atoms with E-state index in [0.717, 1.165) is 11.1 Å². The van der Waals surface area contributed by atoms with E-state index < -0.39 is 5.97 Å². The van der Waals surface area contributed by atoms with Crippen LogP contribution in [0, 0.1) is 12.8 Å². The third-order valence-corrected chi connectivity index (χ3v) is 4.69. The van der Waals surface area contributed by atoms with Crippen LogP contribution in [-0.4, -0.2) is 32.2 Å². The van der Waals surface area contributed by atoms with Crippen molar-refractivity contribution in [2.24, 2.45) is 10.9 Å². The molecule has 0 saturated carbocycles. The lowest BCUT2D eigenvalue weighted by Crippen LogP contribution is -2.12. The number of hydrogen-bond donors (Lipinski definition) is 0. The lowest BCUT2D eigenvalue weighted by molar-refractivity contribution is -0.144. The molecule has 0 unspecified atom stereocenters. The first-order chi connectivity index (χ1) is 12.8. The van der Waals surface area contributed by atoms with Crippen LogP contribution in [0.25, 0.3) is 0 Å². The number of allylic oxidation sites excluding steroid dienone is 2. The van der Waals surface area contributed by atoms with Gasteiger partial charge in [-0.2, -0.15) is 4.99 Å². The van der Waals surface area contributed by atoms with Gasteiger partial charge in [-0.25, -0.2) is 9.59 Å². The molecule has 7 nitrogen and oxygen atoms in total. The number of ether oxygens (including phenoxy) is 3. The zero-order chi connectivity index (χ0) is 20.1. The molecule has 144 valence electrons. The topological polar surface area (TPSA) is 91.3 Å². The number of carbonyl (C=O) groups is 2. The Labute approximate surface area is 158 Å². The van der Waals surface area contributed by atoms with E-state index in [2.05, 4.69) is 4.99 Å². The zero-order valence-corrected chi connectivity index (χ0v) is 16.2. The van der Waals surface area contributed by atoms with Crippen molar-refractivity contribution in [3.63, 3.8) is 0 Å². The number of fused-ring (bicyclic) bond motifs is 1. The second-order valence-electron chi connectivity index (χ2n) is 6.50. The number of carbonyl (C=O) groups excluding carboxylic acids is 3. The summed E-state index contributed by atoms with van der Waals surface area (Å²) in [7, 11) is 2.89. The molecule has 0 bridgehead atoms. The number of nitrogens with zero attached hydrogens (tertiary/aromatic N) is 1. The normalized spacial score (nSPS) is 14.1. The number of isocyanates is 1. The van der Waals surface area contributed by atoms with Crippen LogP contribution < -0.4 is 4.74 Å². The van der Waals surface area contributed by atoms with E-state index in [-0.39, 0.29) is 24.2 Å². The van der Waals surface area contributed by atoms with Crippen LogP contribution in [0.1, 0.15) is 47.3 Å². The second kappa shape index (κ2) is 8.64. The quantitative estimate of drug-likeness (QED) is 0.315. The van der Waals surface area contributed by atoms with Gasteiger partial charge < -0.3 is 14.2 Å². The van der Waals surface area contributed by atoms with E-state index in [9.17, 15) is 14.4 Å². The summed E-state index contributed by atoms with van der Waals surface area (Å²) < 4.78 is 15.4. The van der Waals surface area contributed by atoms with Crippen molar-refractivity contribution in [1.29, 1.82) is 0 Å². The summed E-state index contributed by atoms with van der Waals surface area (Å²) in [4.78, 5) is 38.5. The predicted octanol–water partition coefficient (Wildman–Crippen LogP) is 3.33. The molecule has 1 aliphatic rings. The van der Waals surface area contributed by atoms with Gasteiger partial charge in [-0.15, -0.1) is 0 Å². The van der Waals surface area contributed by atoms with Gasteiger partial charge in [-0.1, -0.05) is 18.6 Å². The smallest absolute Gasteiger partial charge is 0.341 e. The van der Waals surface area contributed by atoms with Crippen molar-refractivity contribution >= 4 is 23.7 Å². The zero-order valence-electron chi connectivity index (χ0n) is 16.2. The van der Waals surface area contributed by atoms with Crippen molar-refractivity contribution in [2.45, 2.75) is 40.2 Å². The Balaban J connectivity index is 2.47. The lowest BCUT2D eigenvalue weighted by Gasteiger charge is -2.16. The number of aliphatic imine (C=N–C) groups is 1. The van der Waals surface area contributed by atoms with Crippen LogP contribution in [0.15, 0.2) is 16.6 Å². The molecule has 0 spiro atoms. The summed E-state index contributed by atoms with van der Waals surface area (Å²) in [5.41, 5.74) is 3.56. The molecule has 27 heavy (non-hydrogen) atoms. The first-order valence-electron chi connectivity index (χ1n) is 8.56. The summed E-state index contributed by atoms with van der Waals surface area (Å²) in [5, 5.41) is 0. The third-order valence-electron chi connectivity index (χ3n) is 4.69. The molecule has 1 aromatic rings. The second-order valence-corrected chi connectivity index (χ2v) is 6.50. The van der Waals surface area contributed by atoms with Crippen molar-refractivity contribution < 1.29 is 28.6 Å². The van der Waals surface area contributed by atoms with Crippen LogP contribution >= 0.6 is 0 Å². The molecule has 1 atom stereocenters. The van der Waals surface area contributed by atoms with E-state index in [4.69, 9.17) is 14.2 Å². The van der Waals surface area contributed by atoms with Crippen LogP contribution in [0.4, 0.5) is 5.69 Å². The van der Waals surface area contributed by atoms with Crippen LogP contribution in [0.3, 0.4) is 0 Å². The minimum absolute atomic E-state index is 0.129. The first kappa shape index (κ1) is 20.4. The highest BCUT2D eigenvalue weighted by Crippen LogP contribution is 2.42. The number of benzene rings is 1. The highest BCUT2D eigenvalue weighted by Gasteiger charge is 2.32. The lowest BCUT2D eigenvalue weighted by atomic mass is 9.93. The fourth-order valence-corrected chi connectivity index (χ4v) is 3.32. The van der Waals surface area contributed by atoms with E-state index in [1.54, 1.807) is 6.92 Å². The molecule has 0 amide bonds. The summed E-state index contributed by atoms with van der Waals surface area (Å²) in [6.07, 6.45) is 4.36. The van der Waals surface area contributed by atoms with E-state index >= 15 is 0 Å². The summed E-state index contributed by atoms with van der Waals surface area (Å²) >= 11 is 0. The van der Waals surface area contributed by atoms with Gasteiger partial charge in [-0.3, -0.25) is 4.79 Å². The van der Waals surface area contributed by atoms with Gasteiger partial charge in [0.25, 0.3) is 0 Å². The molecule has 1 heterocycles. The van der Waals surface area contributed by atoms with Crippen LogP contribution in [0.2, 0.25) is 0 Å². The van der Waals surface area contributed by atoms with E-state index in [0.29, 0.717) is 35.3 Å². The molecule has 0 aromatic heterocycles. The fourth-order valence-electron chi connectivity index (χ4n) is 3.32. The number of methoxy groups -OCH3 is 2. The largest absolute Gasteiger partial charge is 0.496 e. The molecule has 7 heteroatoms.